The van der Waals surface area contributed by atoms with Gasteiger partial charge in [0.05, 0.1) is 34.8 Å². The molecule has 1 fully saturated rings. The molecule has 0 atom stereocenters. The molecule has 0 amide bonds. The molecule has 5 aromatic rings. The van der Waals surface area contributed by atoms with Gasteiger partial charge in [0.15, 0.2) is 5.65 Å². The predicted octanol–water partition coefficient (Wildman–Crippen LogP) is 5.36. The second kappa shape index (κ2) is 10.4. The van der Waals surface area contributed by atoms with Gasteiger partial charge in [0.25, 0.3) is 0 Å². The summed E-state index contributed by atoms with van der Waals surface area (Å²) in [5.74, 6) is 1.10. The van der Waals surface area contributed by atoms with Crippen LogP contribution in [-0.2, 0) is 11.8 Å². The highest BCUT2D eigenvalue weighted by molar-refractivity contribution is 7.99. The molecule has 0 bridgehead atoms. The zero-order chi connectivity index (χ0) is 25.2. The van der Waals surface area contributed by atoms with Crippen LogP contribution >= 0.6 is 11.8 Å². The van der Waals surface area contributed by atoms with Crippen molar-refractivity contribution in [1.82, 2.24) is 19.4 Å². The molecule has 188 valence electrons. The van der Waals surface area contributed by atoms with Crippen LogP contribution in [0, 0.1) is 0 Å². The van der Waals surface area contributed by atoms with Crippen LogP contribution in [0.25, 0.3) is 33.5 Å². The number of hydrogen-bond acceptors (Lipinski definition) is 7. The highest BCUT2D eigenvalue weighted by Gasteiger charge is 2.21. The van der Waals surface area contributed by atoms with E-state index in [2.05, 4.69) is 21.6 Å². The number of phenols is 1. The zero-order valence-electron chi connectivity index (χ0n) is 20.6. The van der Waals surface area contributed by atoms with E-state index in [1.165, 1.54) is 0 Å². The third-order valence-corrected chi connectivity index (χ3v) is 7.70. The Balaban J connectivity index is 1.30. The number of fused-ring (bicyclic) bond motifs is 2. The molecular formula is C29H28N4O3S. The lowest BCUT2D eigenvalue weighted by molar-refractivity contribution is 0.0322. The van der Waals surface area contributed by atoms with Crippen LogP contribution in [0.4, 0.5) is 0 Å². The molecule has 37 heavy (non-hydrogen) atoms. The SMILES string of the molecule is Cn1c(-c2ccc(O)cc2)c(Sc2ccc(OCCN3CCOCC3)cc2)c2nc3ccccc3nc21. The lowest BCUT2D eigenvalue weighted by Gasteiger charge is -2.26. The van der Waals surface area contributed by atoms with E-state index in [0.29, 0.717) is 6.61 Å². The van der Waals surface area contributed by atoms with Crippen molar-refractivity contribution in [3.05, 3.63) is 72.8 Å². The Morgan fingerprint density at radius 2 is 1.62 bits per heavy atom. The van der Waals surface area contributed by atoms with Gasteiger partial charge >= 0.3 is 0 Å². The van der Waals surface area contributed by atoms with Crippen molar-refractivity contribution in [3.8, 4) is 22.8 Å². The number of para-hydroxylation sites is 2. The highest BCUT2D eigenvalue weighted by atomic mass is 32.2. The van der Waals surface area contributed by atoms with Gasteiger partial charge in [-0.2, -0.15) is 0 Å². The van der Waals surface area contributed by atoms with Crippen molar-refractivity contribution in [2.45, 2.75) is 9.79 Å². The first-order valence-electron chi connectivity index (χ1n) is 12.4. The third-order valence-electron chi connectivity index (χ3n) is 6.60. The third kappa shape index (κ3) is 5.00. The van der Waals surface area contributed by atoms with Gasteiger partial charge < -0.3 is 19.1 Å². The Morgan fingerprint density at radius 1 is 0.919 bits per heavy atom. The van der Waals surface area contributed by atoms with Gasteiger partial charge in [0, 0.05) is 31.6 Å². The summed E-state index contributed by atoms with van der Waals surface area (Å²) < 4.78 is 13.5. The monoisotopic (exact) mass is 512 g/mol. The van der Waals surface area contributed by atoms with Crippen molar-refractivity contribution in [2.75, 3.05) is 39.5 Å². The Morgan fingerprint density at radius 3 is 2.35 bits per heavy atom. The number of aromatic nitrogens is 3. The molecule has 1 aliphatic rings. The first kappa shape index (κ1) is 23.8. The van der Waals surface area contributed by atoms with Crippen LogP contribution in [-0.4, -0.2) is 64.0 Å². The smallest absolute Gasteiger partial charge is 0.160 e. The van der Waals surface area contributed by atoms with Crippen molar-refractivity contribution in [3.63, 3.8) is 0 Å². The Kier molecular flexibility index (Phi) is 6.70. The lowest BCUT2D eigenvalue weighted by Crippen LogP contribution is -2.38. The maximum Gasteiger partial charge on any atom is 0.160 e. The van der Waals surface area contributed by atoms with Gasteiger partial charge in [-0.25, -0.2) is 9.97 Å². The molecule has 8 heteroatoms. The Hall–Kier alpha value is -3.59. The molecule has 0 spiro atoms. The molecule has 2 aromatic heterocycles. The predicted molar refractivity (Wildman–Crippen MR) is 146 cm³/mol. The maximum absolute atomic E-state index is 9.85. The molecule has 3 aromatic carbocycles. The fraction of sp³-hybridized carbons (Fsp3) is 0.241. The number of nitrogens with zero attached hydrogens (tertiary/aromatic N) is 4. The maximum atomic E-state index is 9.85. The molecule has 1 aliphatic heterocycles. The molecular weight excluding hydrogens is 484 g/mol. The fourth-order valence-electron chi connectivity index (χ4n) is 4.63. The first-order chi connectivity index (χ1) is 18.2. The van der Waals surface area contributed by atoms with Gasteiger partial charge in [-0.1, -0.05) is 23.9 Å². The molecule has 1 saturated heterocycles. The van der Waals surface area contributed by atoms with Crippen molar-refractivity contribution < 1.29 is 14.6 Å². The van der Waals surface area contributed by atoms with Gasteiger partial charge in [0.2, 0.25) is 0 Å². The van der Waals surface area contributed by atoms with Gasteiger partial charge in [-0.15, -0.1) is 0 Å². The topological polar surface area (TPSA) is 72.6 Å². The number of rotatable bonds is 7. The molecule has 7 nitrogen and oxygen atoms in total. The molecule has 0 unspecified atom stereocenters. The largest absolute Gasteiger partial charge is 0.508 e. The Labute approximate surface area is 219 Å². The number of phenolic OH excluding ortho intramolecular Hbond substituents is 1. The minimum Gasteiger partial charge on any atom is -0.508 e. The van der Waals surface area contributed by atoms with Crippen molar-refractivity contribution in [1.29, 1.82) is 0 Å². The fourth-order valence-corrected chi connectivity index (χ4v) is 5.72. The standard InChI is InChI=1S/C29H28N4O3S/c1-32-27(20-6-8-21(34)9-7-20)28(26-29(32)31-25-5-3-2-4-24(25)30-26)37-23-12-10-22(11-13-23)36-19-16-33-14-17-35-18-15-33/h2-13,34H,14-19H2,1H3. The van der Waals surface area contributed by atoms with E-state index in [4.69, 9.17) is 19.4 Å². The lowest BCUT2D eigenvalue weighted by atomic mass is 10.1. The average molecular weight is 513 g/mol. The molecule has 1 N–H and O–H groups in total. The minimum atomic E-state index is 0.239. The van der Waals surface area contributed by atoms with E-state index < -0.39 is 0 Å². The summed E-state index contributed by atoms with van der Waals surface area (Å²) in [5.41, 5.74) is 5.43. The summed E-state index contributed by atoms with van der Waals surface area (Å²) >= 11 is 1.66. The van der Waals surface area contributed by atoms with Crippen LogP contribution < -0.4 is 4.74 Å². The van der Waals surface area contributed by atoms with E-state index in [1.54, 1.807) is 23.9 Å². The van der Waals surface area contributed by atoms with Crippen molar-refractivity contribution in [2.24, 2.45) is 7.05 Å². The van der Waals surface area contributed by atoms with Crippen LogP contribution in [0.3, 0.4) is 0 Å². The zero-order valence-corrected chi connectivity index (χ0v) is 21.4. The first-order valence-corrected chi connectivity index (χ1v) is 13.2. The summed E-state index contributed by atoms with van der Waals surface area (Å²) in [6.07, 6.45) is 0. The van der Waals surface area contributed by atoms with E-state index >= 15 is 0 Å². The van der Waals surface area contributed by atoms with E-state index in [-0.39, 0.29) is 5.75 Å². The summed E-state index contributed by atoms with van der Waals surface area (Å²) in [7, 11) is 2.02. The van der Waals surface area contributed by atoms with Crippen LogP contribution in [0.15, 0.2) is 82.6 Å². The van der Waals surface area contributed by atoms with Gasteiger partial charge in [-0.05, 0) is 66.2 Å². The molecule has 0 saturated carbocycles. The molecule has 0 aliphatic carbocycles. The van der Waals surface area contributed by atoms with Gasteiger partial charge in [-0.3, -0.25) is 4.90 Å². The number of benzene rings is 3. The molecule has 3 heterocycles. The summed E-state index contributed by atoms with van der Waals surface area (Å²) in [6, 6.07) is 23.4. The van der Waals surface area contributed by atoms with Crippen LogP contribution in [0.1, 0.15) is 0 Å². The van der Waals surface area contributed by atoms with Crippen LogP contribution in [0.2, 0.25) is 0 Å². The Bertz CT molecular complexity index is 1530. The number of ether oxygens (including phenoxy) is 2. The van der Waals surface area contributed by atoms with E-state index in [1.807, 2.05) is 55.6 Å². The summed E-state index contributed by atoms with van der Waals surface area (Å²) in [6.45, 7) is 5.08. The number of aryl methyl sites for hydroxylation is 1. The highest BCUT2D eigenvalue weighted by Crippen LogP contribution is 2.42. The van der Waals surface area contributed by atoms with Gasteiger partial charge in [0.1, 0.15) is 23.6 Å². The summed E-state index contributed by atoms with van der Waals surface area (Å²) in [4.78, 5) is 14.4. The minimum absolute atomic E-state index is 0.239. The normalized spacial score (nSPS) is 14.4. The number of aromatic hydroxyl groups is 1. The summed E-state index contributed by atoms with van der Waals surface area (Å²) in [5, 5.41) is 9.85. The second-order valence-electron chi connectivity index (χ2n) is 9.04. The van der Waals surface area contributed by atoms with E-state index in [9.17, 15) is 5.11 Å². The second-order valence-corrected chi connectivity index (χ2v) is 10.1. The molecule has 6 rings (SSSR count). The quantitative estimate of drug-likeness (QED) is 0.315. The van der Waals surface area contributed by atoms with E-state index in [0.717, 1.165) is 81.8 Å². The van der Waals surface area contributed by atoms with Crippen molar-refractivity contribution >= 4 is 34.0 Å². The number of morpholine rings is 1. The van der Waals surface area contributed by atoms with Crippen LogP contribution in [0.5, 0.6) is 11.5 Å². The molecule has 0 radical (unpaired) electrons. The average Bonchev–Trinajstić information content (AvgIpc) is 3.19. The number of hydrogen-bond donors (Lipinski definition) is 1.